The molecule has 0 amide bonds. The number of hydrogen-bond acceptors (Lipinski definition) is 7. The highest BCUT2D eigenvalue weighted by Gasteiger charge is 2.11. The van der Waals surface area contributed by atoms with Gasteiger partial charge < -0.3 is 16.0 Å². The van der Waals surface area contributed by atoms with Crippen molar-refractivity contribution in [1.82, 2.24) is 24.9 Å². The van der Waals surface area contributed by atoms with Crippen LogP contribution in [0.5, 0.6) is 0 Å². The Bertz CT molecular complexity index is 1130. The van der Waals surface area contributed by atoms with Crippen LogP contribution in [-0.4, -0.2) is 24.9 Å². The molecule has 0 spiro atoms. The molecular weight excluding hydrogens is 401 g/mol. The van der Waals surface area contributed by atoms with Crippen molar-refractivity contribution < 1.29 is 4.39 Å². The van der Waals surface area contributed by atoms with Gasteiger partial charge >= 0.3 is 0 Å². The number of nitrogens with zero attached hydrogens (tertiary/aromatic N) is 4. The highest BCUT2D eigenvalue weighted by atomic mass is 32.2. The van der Waals surface area contributed by atoms with Crippen LogP contribution in [0.2, 0.25) is 0 Å². The van der Waals surface area contributed by atoms with Crippen LogP contribution < -0.4 is 11.1 Å². The third kappa shape index (κ3) is 5.12. The van der Waals surface area contributed by atoms with Crippen LogP contribution in [-0.2, 0) is 12.2 Å². The van der Waals surface area contributed by atoms with E-state index >= 15 is 0 Å². The molecule has 2 aromatic heterocycles. The molecule has 0 saturated heterocycles. The molecule has 30 heavy (non-hydrogen) atoms. The number of nitrogens with two attached hydrogens (primary N) is 1. The molecule has 152 valence electrons. The lowest BCUT2D eigenvalue weighted by molar-refractivity contribution is 0.628. The molecule has 0 aliphatic heterocycles. The fourth-order valence-corrected chi connectivity index (χ4v) is 3.65. The number of hydrogen-bond donors (Lipinski definition) is 3. The third-order valence-corrected chi connectivity index (χ3v) is 5.18. The molecule has 0 atom stereocenters. The van der Waals surface area contributed by atoms with E-state index < -0.39 is 0 Å². The zero-order valence-corrected chi connectivity index (χ0v) is 17.1. The van der Waals surface area contributed by atoms with Crippen LogP contribution in [0, 0.1) is 12.7 Å². The van der Waals surface area contributed by atoms with E-state index in [4.69, 9.17) is 10.7 Å². The molecule has 0 aliphatic carbocycles. The molecule has 0 aliphatic rings. The van der Waals surface area contributed by atoms with E-state index in [0.29, 0.717) is 23.2 Å². The number of nitrogens with one attached hydrogen (secondary N) is 2. The van der Waals surface area contributed by atoms with Gasteiger partial charge in [-0.3, -0.25) is 0 Å². The molecule has 0 radical (unpaired) electrons. The standard InChI is InChI=1S/C21H20FN7S/c1-13-17(11-14-5-3-2-4-6-14)26-21(24-13)30-12-18-27-19(23)29-20(28-18)25-16-9-7-15(22)8-10-16/h2-10H,11-12H2,1H3,(H,24,26)(H3,23,25,27,28,29). The summed E-state index contributed by atoms with van der Waals surface area (Å²) in [6, 6.07) is 16.1. The lowest BCUT2D eigenvalue weighted by Gasteiger charge is -2.07. The lowest BCUT2D eigenvalue weighted by Crippen LogP contribution is -2.06. The summed E-state index contributed by atoms with van der Waals surface area (Å²) in [5, 5.41) is 3.81. The van der Waals surface area contributed by atoms with E-state index in [-0.39, 0.29) is 11.8 Å². The zero-order valence-electron chi connectivity index (χ0n) is 16.3. The van der Waals surface area contributed by atoms with Gasteiger partial charge in [0.2, 0.25) is 11.9 Å². The number of halogens is 1. The lowest BCUT2D eigenvalue weighted by atomic mass is 10.1. The fraction of sp³-hybridized carbons (Fsp3) is 0.143. The van der Waals surface area contributed by atoms with E-state index in [1.54, 1.807) is 12.1 Å². The molecule has 9 heteroatoms. The SMILES string of the molecule is Cc1[nH]c(SCc2nc(N)nc(Nc3ccc(F)cc3)n2)nc1Cc1ccccc1. The van der Waals surface area contributed by atoms with Crippen molar-refractivity contribution in [2.75, 3.05) is 11.1 Å². The minimum atomic E-state index is -0.312. The number of H-pyrrole nitrogens is 1. The topological polar surface area (TPSA) is 105 Å². The number of aromatic nitrogens is 5. The van der Waals surface area contributed by atoms with Crippen LogP contribution in [0.4, 0.5) is 22.0 Å². The minimum Gasteiger partial charge on any atom is -0.368 e. The van der Waals surface area contributed by atoms with Crippen LogP contribution >= 0.6 is 11.8 Å². The van der Waals surface area contributed by atoms with Crippen molar-refractivity contribution in [1.29, 1.82) is 0 Å². The Morgan fingerprint density at radius 3 is 2.53 bits per heavy atom. The number of benzene rings is 2. The van der Waals surface area contributed by atoms with Gasteiger partial charge in [-0.15, -0.1) is 0 Å². The molecule has 0 bridgehead atoms. The zero-order chi connectivity index (χ0) is 20.9. The van der Waals surface area contributed by atoms with Gasteiger partial charge in [0.15, 0.2) is 5.16 Å². The fourth-order valence-electron chi connectivity index (χ4n) is 2.85. The van der Waals surface area contributed by atoms with Crippen molar-refractivity contribution in [3.8, 4) is 0 Å². The summed E-state index contributed by atoms with van der Waals surface area (Å²) in [5.74, 6) is 1.11. The Balaban J connectivity index is 1.43. The van der Waals surface area contributed by atoms with Crippen molar-refractivity contribution in [2.24, 2.45) is 0 Å². The average Bonchev–Trinajstić information content (AvgIpc) is 3.08. The highest BCUT2D eigenvalue weighted by molar-refractivity contribution is 7.98. The number of aromatic amines is 1. The third-order valence-electron chi connectivity index (χ3n) is 4.32. The summed E-state index contributed by atoms with van der Waals surface area (Å²) < 4.78 is 13.1. The van der Waals surface area contributed by atoms with Crippen LogP contribution in [0.15, 0.2) is 59.8 Å². The van der Waals surface area contributed by atoms with E-state index in [2.05, 4.69) is 37.4 Å². The normalized spacial score (nSPS) is 10.9. The Hall–Kier alpha value is -3.46. The summed E-state index contributed by atoms with van der Waals surface area (Å²) in [4.78, 5) is 20.7. The second kappa shape index (κ2) is 8.91. The van der Waals surface area contributed by atoms with Crippen molar-refractivity contribution in [2.45, 2.75) is 24.3 Å². The predicted molar refractivity (Wildman–Crippen MR) is 116 cm³/mol. The molecule has 4 N–H and O–H groups in total. The molecule has 7 nitrogen and oxygen atoms in total. The quantitative estimate of drug-likeness (QED) is 0.383. The first-order valence-electron chi connectivity index (χ1n) is 9.30. The summed E-state index contributed by atoms with van der Waals surface area (Å²) in [6.07, 6.45) is 0.772. The largest absolute Gasteiger partial charge is 0.368 e. The van der Waals surface area contributed by atoms with Crippen molar-refractivity contribution in [3.05, 3.63) is 83.2 Å². The van der Waals surface area contributed by atoms with E-state index in [0.717, 1.165) is 23.0 Å². The molecule has 2 heterocycles. The maximum absolute atomic E-state index is 13.1. The number of rotatable bonds is 7. The highest BCUT2D eigenvalue weighted by Crippen LogP contribution is 2.22. The molecule has 0 fully saturated rings. The first kappa shape index (κ1) is 19.8. The summed E-state index contributed by atoms with van der Waals surface area (Å²) in [7, 11) is 0. The van der Waals surface area contributed by atoms with Crippen LogP contribution in [0.3, 0.4) is 0 Å². The Morgan fingerprint density at radius 2 is 1.77 bits per heavy atom. The molecule has 0 saturated carbocycles. The number of thioether (sulfide) groups is 1. The monoisotopic (exact) mass is 421 g/mol. The van der Waals surface area contributed by atoms with Gasteiger partial charge in [-0.2, -0.15) is 15.0 Å². The van der Waals surface area contributed by atoms with Crippen molar-refractivity contribution >= 4 is 29.3 Å². The molecule has 4 aromatic rings. The molecule has 4 rings (SSSR count). The summed E-state index contributed by atoms with van der Waals surface area (Å²) in [6.45, 7) is 2.01. The second-order valence-corrected chi connectivity index (χ2v) is 7.59. The first-order valence-corrected chi connectivity index (χ1v) is 10.3. The van der Waals surface area contributed by atoms with Gasteiger partial charge in [0.1, 0.15) is 11.6 Å². The minimum absolute atomic E-state index is 0.116. The number of anilines is 3. The Kier molecular flexibility index (Phi) is 5.89. The van der Waals surface area contributed by atoms with Gasteiger partial charge in [0.05, 0.1) is 11.4 Å². The molecular formula is C21H20FN7S. The van der Waals surface area contributed by atoms with Gasteiger partial charge in [-0.05, 0) is 36.8 Å². The van der Waals surface area contributed by atoms with Gasteiger partial charge in [-0.1, -0.05) is 42.1 Å². The summed E-state index contributed by atoms with van der Waals surface area (Å²) >= 11 is 1.49. The van der Waals surface area contributed by atoms with Crippen LogP contribution in [0.25, 0.3) is 0 Å². The maximum Gasteiger partial charge on any atom is 0.232 e. The predicted octanol–water partition coefficient (Wildman–Crippen LogP) is 4.25. The average molecular weight is 422 g/mol. The van der Waals surface area contributed by atoms with E-state index in [1.807, 2.05) is 25.1 Å². The van der Waals surface area contributed by atoms with Gasteiger partial charge in [0.25, 0.3) is 0 Å². The van der Waals surface area contributed by atoms with E-state index in [1.165, 1.54) is 29.5 Å². The van der Waals surface area contributed by atoms with Gasteiger partial charge in [-0.25, -0.2) is 9.37 Å². The molecule has 0 unspecified atom stereocenters. The Morgan fingerprint density at radius 1 is 1.00 bits per heavy atom. The van der Waals surface area contributed by atoms with E-state index in [9.17, 15) is 4.39 Å². The maximum atomic E-state index is 13.1. The van der Waals surface area contributed by atoms with Crippen LogP contribution in [0.1, 0.15) is 22.8 Å². The van der Waals surface area contributed by atoms with Gasteiger partial charge in [0, 0.05) is 17.8 Å². The number of nitrogen functional groups attached to an aromatic ring is 1. The number of imidazole rings is 1. The first-order chi connectivity index (χ1) is 14.5. The summed E-state index contributed by atoms with van der Waals surface area (Å²) in [5.41, 5.74) is 9.75. The van der Waals surface area contributed by atoms with Crippen molar-refractivity contribution in [3.63, 3.8) is 0 Å². The smallest absolute Gasteiger partial charge is 0.232 e. The number of aryl methyl sites for hydroxylation is 1. The Labute approximate surface area is 177 Å². The second-order valence-electron chi connectivity index (χ2n) is 6.63. The molecule has 2 aromatic carbocycles.